The van der Waals surface area contributed by atoms with Crippen LogP contribution in [0.3, 0.4) is 0 Å². The minimum absolute atomic E-state index is 0.0887. The first kappa shape index (κ1) is 18.3. The van der Waals surface area contributed by atoms with Crippen molar-refractivity contribution in [3.63, 3.8) is 0 Å². The molecule has 0 spiro atoms. The molecule has 2 amide bonds. The van der Waals surface area contributed by atoms with Crippen LogP contribution >= 0.6 is 11.8 Å². The van der Waals surface area contributed by atoms with Gasteiger partial charge in [0.25, 0.3) is 5.91 Å². The molecule has 1 aliphatic heterocycles. The van der Waals surface area contributed by atoms with Crippen molar-refractivity contribution in [2.75, 3.05) is 30.1 Å². The zero-order valence-electron chi connectivity index (χ0n) is 15.0. The molecule has 0 aliphatic carbocycles. The molecule has 1 aliphatic rings. The third-order valence-corrected chi connectivity index (χ3v) is 5.20. The van der Waals surface area contributed by atoms with Gasteiger partial charge < -0.3 is 15.0 Å². The summed E-state index contributed by atoms with van der Waals surface area (Å²) in [6.07, 6.45) is 4.37. The average molecular weight is 370 g/mol. The molecule has 0 unspecified atom stereocenters. The summed E-state index contributed by atoms with van der Waals surface area (Å²) in [5, 5.41) is 2.93. The lowest BCUT2D eigenvalue weighted by molar-refractivity contribution is -0.119. The molecule has 3 rings (SSSR count). The van der Waals surface area contributed by atoms with Crippen molar-refractivity contribution in [3.05, 3.63) is 48.0 Å². The lowest BCUT2D eigenvalue weighted by atomic mass is 10.1. The quantitative estimate of drug-likeness (QED) is 0.802. The van der Waals surface area contributed by atoms with Gasteiger partial charge in [-0.1, -0.05) is 12.1 Å². The van der Waals surface area contributed by atoms with Crippen LogP contribution in [-0.4, -0.2) is 31.7 Å². The van der Waals surface area contributed by atoms with Gasteiger partial charge in [-0.05, 0) is 49.4 Å². The first-order chi connectivity index (χ1) is 12.6. The summed E-state index contributed by atoms with van der Waals surface area (Å²) >= 11 is 1.53. The second-order valence-corrected chi connectivity index (χ2v) is 6.89. The highest BCUT2D eigenvalue weighted by Crippen LogP contribution is 2.34. The summed E-state index contributed by atoms with van der Waals surface area (Å²) in [5.74, 6) is 0.546. The molecule has 2 aromatic rings. The minimum Gasteiger partial charge on any atom is -0.495 e. The van der Waals surface area contributed by atoms with Gasteiger partial charge in [0.05, 0.1) is 18.4 Å². The number of benzene rings is 2. The number of hydrogen-bond acceptors (Lipinski definition) is 4. The summed E-state index contributed by atoms with van der Waals surface area (Å²) in [4.78, 5) is 27.6. The number of hydrogen-bond donors (Lipinski definition) is 1. The smallest absolute Gasteiger partial charge is 0.256 e. The van der Waals surface area contributed by atoms with Gasteiger partial charge in [-0.25, -0.2) is 0 Å². The molecular formula is C20H22N2O3S. The lowest BCUT2D eigenvalue weighted by Gasteiger charge is -2.28. The van der Waals surface area contributed by atoms with Crippen molar-refractivity contribution in [2.45, 2.75) is 24.2 Å². The third-order valence-electron chi connectivity index (χ3n) is 4.40. The number of anilines is 2. The minimum atomic E-state index is -0.170. The molecule has 0 atom stereocenters. The van der Waals surface area contributed by atoms with E-state index in [2.05, 4.69) is 5.32 Å². The molecule has 5 nitrogen and oxygen atoms in total. The Morgan fingerprint density at radius 3 is 2.73 bits per heavy atom. The van der Waals surface area contributed by atoms with Crippen LogP contribution in [0.1, 0.15) is 29.6 Å². The van der Waals surface area contributed by atoms with Gasteiger partial charge in [0.2, 0.25) is 5.91 Å². The molecule has 1 fully saturated rings. The molecule has 0 saturated carbocycles. The SMILES string of the molecule is COc1ccc(NC(=O)c2ccccc2SC)cc1N1CCCCC1=O. The Hall–Kier alpha value is -2.47. The number of thioether (sulfide) groups is 1. The van der Waals surface area contributed by atoms with Crippen LogP contribution < -0.4 is 15.0 Å². The second-order valence-electron chi connectivity index (χ2n) is 6.04. The molecule has 2 aromatic carbocycles. The number of amides is 2. The van der Waals surface area contributed by atoms with E-state index in [1.54, 1.807) is 30.2 Å². The summed E-state index contributed by atoms with van der Waals surface area (Å²) in [6, 6.07) is 12.9. The number of nitrogens with one attached hydrogen (secondary N) is 1. The maximum absolute atomic E-state index is 12.7. The molecular weight excluding hydrogens is 348 g/mol. The van der Waals surface area contributed by atoms with Gasteiger partial charge in [-0.2, -0.15) is 0 Å². The van der Waals surface area contributed by atoms with Crippen molar-refractivity contribution in [2.24, 2.45) is 0 Å². The molecule has 6 heteroatoms. The Labute approximate surface area is 157 Å². The van der Waals surface area contributed by atoms with Crippen molar-refractivity contribution in [1.29, 1.82) is 0 Å². The van der Waals surface area contributed by atoms with Gasteiger partial charge in [0.15, 0.2) is 0 Å². The Bertz CT molecular complexity index is 822. The molecule has 1 N–H and O–H groups in total. The standard InChI is InChI=1S/C20H22N2O3S/c1-25-17-11-10-14(13-16(17)22-12-6-5-9-19(22)23)21-20(24)15-7-3-4-8-18(15)26-2/h3-4,7-8,10-11,13H,5-6,9,12H2,1-2H3,(H,21,24). The molecule has 0 radical (unpaired) electrons. The lowest BCUT2D eigenvalue weighted by Crippen LogP contribution is -2.35. The molecule has 0 aromatic heterocycles. The van der Waals surface area contributed by atoms with E-state index in [1.807, 2.05) is 30.5 Å². The highest BCUT2D eigenvalue weighted by molar-refractivity contribution is 7.98. The number of carbonyl (C=O) groups is 2. The third kappa shape index (κ3) is 3.85. The van der Waals surface area contributed by atoms with E-state index in [-0.39, 0.29) is 11.8 Å². The zero-order chi connectivity index (χ0) is 18.5. The van der Waals surface area contributed by atoms with Gasteiger partial charge in [-0.3, -0.25) is 9.59 Å². The van der Waals surface area contributed by atoms with Gasteiger partial charge in [0, 0.05) is 23.5 Å². The number of methoxy groups -OCH3 is 1. The summed E-state index contributed by atoms with van der Waals surface area (Å²) in [6.45, 7) is 0.669. The van der Waals surface area contributed by atoms with Crippen molar-refractivity contribution < 1.29 is 14.3 Å². The molecule has 26 heavy (non-hydrogen) atoms. The van der Waals surface area contributed by atoms with E-state index in [1.165, 1.54) is 11.8 Å². The normalized spacial score (nSPS) is 14.2. The van der Waals surface area contributed by atoms with E-state index < -0.39 is 0 Å². The van der Waals surface area contributed by atoms with Crippen LogP contribution in [0.4, 0.5) is 11.4 Å². The van der Waals surface area contributed by atoms with E-state index in [0.29, 0.717) is 35.7 Å². The topological polar surface area (TPSA) is 58.6 Å². The van der Waals surface area contributed by atoms with E-state index >= 15 is 0 Å². The van der Waals surface area contributed by atoms with Crippen LogP contribution in [0, 0.1) is 0 Å². The fourth-order valence-electron chi connectivity index (χ4n) is 3.07. The largest absolute Gasteiger partial charge is 0.495 e. The number of rotatable bonds is 5. The Kier molecular flexibility index (Phi) is 5.83. The number of ether oxygens (including phenoxy) is 1. The predicted molar refractivity (Wildman–Crippen MR) is 105 cm³/mol. The van der Waals surface area contributed by atoms with Crippen molar-refractivity contribution >= 4 is 35.0 Å². The van der Waals surface area contributed by atoms with Gasteiger partial charge >= 0.3 is 0 Å². The fraction of sp³-hybridized carbons (Fsp3) is 0.300. The Balaban J connectivity index is 1.88. The highest BCUT2D eigenvalue weighted by atomic mass is 32.2. The Morgan fingerprint density at radius 1 is 1.19 bits per heavy atom. The van der Waals surface area contributed by atoms with Crippen LogP contribution in [0.2, 0.25) is 0 Å². The van der Waals surface area contributed by atoms with Gasteiger partial charge in [0.1, 0.15) is 5.75 Å². The Morgan fingerprint density at radius 2 is 2.00 bits per heavy atom. The van der Waals surface area contributed by atoms with Crippen LogP contribution in [0.15, 0.2) is 47.4 Å². The first-order valence-corrected chi connectivity index (χ1v) is 9.79. The van der Waals surface area contributed by atoms with Crippen LogP contribution in [0.25, 0.3) is 0 Å². The maximum Gasteiger partial charge on any atom is 0.256 e. The molecule has 1 saturated heterocycles. The summed E-state index contributed by atoms with van der Waals surface area (Å²) in [7, 11) is 1.58. The van der Waals surface area contributed by atoms with Crippen molar-refractivity contribution in [1.82, 2.24) is 0 Å². The van der Waals surface area contributed by atoms with E-state index in [4.69, 9.17) is 4.74 Å². The van der Waals surface area contributed by atoms with Gasteiger partial charge in [-0.15, -0.1) is 11.8 Å². The number of nitrogens with zero attached hydrogens (tertiary/aromatic N) is 1. The zero-order valence-corrected chi connectivity index (χ0v) is 15.8. The fourth-order valence-corrected chi connectivity index (χ4v) is 3.67. The van der Waals surface area contributed by atoms with Crippen molar-refractivity contribution in [3.8, 4) is 5.75 Å². The summed E-state index contributed by atoms with van der Waals surface area (Å²) < 4.78 is 5.42. The molecule has 136 valence electrons. The second kappa shape index (κ2) is 8.27. The average Bonchev–Trinajstić information content (AvgIpc) is 2.68. The van der Waals surface area contributed by atoms with Crippen LogP contribution in [0.5, 0.6) is 5.75 Å². The molecule has 0 bridgehead atoms. The number of piperidine rings is 1. The predicted octanol–water partition coefficient (Wildman–Crippen LogP) is 4.19. The maximum atomic E-state index is 12.7. The number of carbonyl (C=O) groups excluding carboxylic acids is 2. The van der Waals surface area contributed by atoms with Crippen LogP contribution in [-0.2, 0) is 4.79 Å². The summed E-state index contributed by atoms with van der Waals surface area (Å²) in [5.41, 5.74) is 1.97. The first-order valence-electron chi connectivity index (χ1n) is 8.57. The highest BCUT2D eigenvalue weighted by Gasteiger charge is 2.23. The monoisotopic (exact) mass is 370 g/mol. The van der Waals surface area contributed by atoms with E-state index in [0.717, 1.165) is 17.7 Å². The molecule has 1 heterocycles. The van der Waals surface area contributed by atoms with E-state index in [9.17, 15) is 9.59 Å².